The Morgan fingerprint density at radius 1 is 1.00 bits per heavy atom. The summed E-state index contributed by atoms with van der Waals surface area (Å²) >= 11 is 0. The SMILES string of the molecule is CC(=O)NC1[C@H](OC[C@H](N)C(=O)O)OC(COC(C)=O)[C@@H](OC(C)=O)[C@@H]1OC(C)=O. The number of aliphatic carboxylic acids is 1. The first-order valence-electron chi connectivity index (χ1n) is 8.92. The minimum absolute atomic E-state index is 0.400. The lowest BCUT2D eigenvalue weighted by Crippen LogP contribution is -2.66. The third-order valence-corrected chi connectivity index (χ3v) is 3.83. The number of hydrogen-bond acceptors (Lipinski definition) is 11. The largest absolute Gasteiger partial charge is 0.480 e. The summed E-state index contributed by atoms with van der Waals surface area (Å²) in [5.74, 6) is -4.06. The zero-order valence-electron chi connectivity index (χ0n) is 17.0. The smallest absolute Gasteiger partial charge is 0.322 e. The van der Waals surface area contributed by atoms with Crippen LogP contribution in [0.1, 0.15) is 27.7 Å². The molecule has 30 heavy (non-hydrogen) atoms. The third kappa shape index (κ3) is 7.93. The van der Waals surface area contributed by atoms with Crippen LogP contribution >= 0.6 is 0 Å². The van der Waals surface area contributed by atoms with Crippen LogP contribution in [-0.4, -0.2) is 84.8 Å². The third-order valence-electron chi connectivity index (χ3n) is 3.83. The van der Waals surface area contributed by atoms with Gasteiger partial charge in [-0.3, -0.25) is 24.0 Å². The Kier molecular flexibility index (Phi) is 9.62. The second kappa shape index (κ2) is 11.4. The average molecular weight is 434 g/mol. The van der Waals surface area contributed by atoms with Crippen molar-refractivity contribution >= 4 is 29.8 Å². The summed E-state index contributed by atoms with van der Waals surface area (Å²) in [6.45, 7) is 3.62. The van der Waals surface area contributed by atoms with Crippen molar-refractivity contribution in [1.82, 2.24) is 5.32 Å². The van der Waals surface area contributed by atoms with Crippen molar-refractivity contribution in [1.29, 1.82) is 0 Å². The van der Waals surface area contributed by atoms with Gasteiger partial charge in [0.1, 0.15) is 24.8 Å². The molecule has 170 valence electrons. The summed E-state index contributed by atoms with van der Waals surface area (Å²) in [6.07, 6.45) is -5.08. The first-order chi connectivity index (χ1) is 13.9. The van der Waals surface area contributed by atoms with Crippen LogP contribution < -0.4 is 11.1 Å². The van der Waals surface area contributed by atoms with E-state index in [9.17, 15) is 24.0 Å². The predicted octanol–water partition coefficient (Wildman–Crippen LogP) is -1.93. The predicted molar refractivity (Wildman–Crippen MR) is 95.6 cm³/mol. The van der Waals surface area contributed by atoms with E-state index in [0.29, 0.717) is 0 Å². The van der Waals surface area contributed by atoms with Crippen LogP contribution in [-0.2, 0) is 47.7 Å². The zero-order chi connectivity index (χ0) is 23.0. The van der Waals surface area contributed by atoms with Crippen molar-refractivity contribution < 1.29 is 52.8 Å². The number of ether oxygens (including phenoxy) is 5. The molecule has 1 aliphatic rings. The molecule has 1 saturated heterocycles. The van der Waals surface area contributed by atoms with Gasteiger partial charge in [-0.05, 0) is 0 Å². The van der Waals surface area contributed by atoms with Gasteiger partial charge < -0.3 is 39.8 Å². The summed E-state index contributed by atoms with van der Waals surface area (Å²) in [5.41, 5.74) is 5.43. The minimum Gasteiger partial charge on any atom is -0.480 e. The number of nitrogens with two attached hydrogens (primary N) is 1. The monoisotopic (exact) mass is 434 g/mol. The van der Waals surface area contributed by atoms with Gasteiger partial charge in [0.15, 0.2) is 18.5 Å². The molecule has 1 fully saturated rings. The van der Waals surface area contributed by atoms with Crippen LogP contribution in [0.5, 0.6) is 0 Å². The van der Waals surface area contributed by atoms with Crippen molar-refractivity contribution in [3.8, 4) is 0 Å². The number of rotatable bonds is 9. The minimum atomic E-state index is -1.41. The van der Waals surface area contributed by atoms with Crippen molar-refractivity contribution in [2.24, 2.45) is 5.73 Å². The molecule has 0 saturated carbocycles. The van der Waals surface area contributed by atoms with E-state index >= 15 is 0 Å². The van der Waals surface area contributed by atoms with Crippen LogP contribution in [0.2, 0.25) is 0 Å². The lowest BCUT2D eigenvalue weighted by molar-refractivity contribution is -0.278. The highest BCUT2D eigenvalue weighted by molar-refractivity contribution is 5.74. The highest BCUT2D eigenvalue weighted by Gasteiger charge is 2.51. The van der Waals surface area contributed by atoms with Gasteiger partial charge in [-0.2, -0.15) is 0 Å². The second-order valence-electron chi connectivity index (χ2n) is 6.50. The van der Waals surface area contributed by atoms with E-state index in [-0.39, 0.29) is 0 Å². The van der Waals surface area contributed by atoms with Crippen LogP contribution in [0.3, 0.4) is 0 Å². The normalized spacial score (nSPS) is 26.8. The van der Waals surface area contributed by atoms with Crippen LogP contribution in [0.4, 0.5) is 0 Å². The molecule has 1 rings (SSSR count). The van der Waals surface area contributed by atoms with E-state index in [2.05, 4.69) is 5.32 Å². The number of carbonyl (C=O) groups excluding carboxylic acids is 4. The number of carbonyl (C=O) groups is 5. The standard InChI is InChI=1S/C17H26N2O11/c1-7(20)19-13-15(29-10(4)23)14(28-9(3)22)12(6-26-8(2)21)30-17(13)27-5-11(18)16(24)25/h11-15,17H,5-6,18H2,1-4H3,(H,19,20)(H,24,25)/t11-,12?,13?,14+,15+,17+/m0/s1. The van der Waals surface area contributed by atoms with Crippen molar-refractivity contribution in [3.63, 3.8) is 0 Å². The van der Waals surface area contributed by atoms with Crippen LogP contribution in [0.25, 0.3) is 0 Å². The lowest BCUT2D eigenvalue weighted by atomic mass is 9.96. The van der Waals surface area contributed by atoms with Gasteiger partial charge in [-0.25, -0.2) is 0 Å². The van der Waals surface area contributed by atoms with Crippen LogP contribution in [0.15, 0.2) is 0 Å². The van der Waals surface area contributed by atoms with Gasteiger partial charge in [0.25, 0.3) is 0 Å². The molecule has 0 aliphatic carbocycles. The molecule has 1 aliphatic heterocycles. The maximum Gasteiger partial charge on any atom is 0.322 e. The molecule has 2 unspecified atom stereocenters. The molecule has 0 aromatic heterocycles. The van der Waals surface area contributed by atoms with Gasteiger partial charge in [-0.15, -0.1) is 0 Å². The fourth-order valence-corrected chi connectivity index (χ4v) is 2.70. The van der Waals surface area contributed by atoms with Crippen molar-refractivity contribution in [2.45, 2.75) is 64.4 Å². The quantitative estimate of drug-likeness (QED) is 0.269. The van der Waals surface area contributed by atoms with Gasteiger partial charge in [0, 0.05) is 27.7 Å². The summed E-state index contributed by atoms with van der Waals surface area (Å²) in [6, 6.07) is -2.60. The summed E-state index contributed by atoms with van der Waals surface area (Å²) in [4.78, 5) is 57.1. The molecule has 1 heterocycles. The number of carboxylic acids is 1. The summed E-state index contributed by atoms with van der Waals surface area (Å²) in [7, 11) is 0. The molecule has 13 nitrogen and oxygen atoms in total. The Labute approximate surface area is 172 Å². The Morgan fingerprint density at radius 2 is 1.57 bits per heavy atom. The number of esters is 3. The van der Waals surface area contributed by atoms with E-state index < -0.39 is 79.7 Å². The van der Waals surface area contributed by atoms with Crippen LogP contribution in [0, 0.1) is 0 Å². The van der Waals surface area contributed by atoms with Gasteiger partial charge >= 0.3 is 23.9 Å². The lowest BCUT2D eigenvalue weighted by Gasteiger charge is -2.45. The zero-order valence-corrected chi connectivity index (χ0v) is 17.0. The second-order valence-corrected chi connectivity index (χ2v) is 6.50. The molecule has 6 atom stereocenters. The van der Waals surface area contributed by atoms with Gasteiger partial charge in [0.2, 0.25) is 5.91 Å². The molecule has 0 radical (unpaired) electrons. The van der Waals surface area contributed by atoms with Crippen molar-refractivity contribution in [2.75, 3.05) is 13.2 Å². The number of nitrogens with one attached hydrogen (secondary N) is 1. The molecular formula is C17H26N2O11. The van der Waals surface area contributed by atoms with E-state index in [4.69, 9.17) is 34.5 Å². The molecule has 0 spiro atoms. The number of carboxylic acid groups (broad SMARTS) is 1. The Balaban J connectivity index is 3.27. The molecule has 4 N–H and O–H groups in total. The molecule has 13 heteroatoms. The summed E-state index contributed by atoms with van der Waals surface area (Å²) in [5, 5.41) is 11.4. The average Bonchev–Trinajstić information content (AvgIpc) is 2.60. The highest BCUT2D eigenvalue weighted by Crippen LogP contribution is 2.28. The fourth-order valence-electron chi connectivity index (χ4n) is 2.70. The van der Waals surface area contributed by atoms with E-state index in [0.717, 1.165) is 20.8 Å². The van der Waals surface area contributed by atoms with Crippen molar-refractivity contribution in [3.05, 3.63) is 0 Å². The number of amides is 1. The first kappa shape index (κ1) is 25.3. The molecule has 1 amide bonds. The summed E-state index contributed by atoms with van der Waals surface area (Å²) < 4.78 is 26.5. The fraction of sp³-hybridized carbons (Fsp3) is 0.706. The first-order valence-corrected chi connectivity index (χ1v) is 8.92. The maximum absolute atomic E-state index is 11.7. The van der Waals surface area contributed by atoms with Gasteiger partial charge in [-0.1, -0.05) is 0 Å². The highest BCUT2D eigenvalue weighted by atomic mass is 16.7. The molecule has 0 aromatic rings. The Morgan fingerprint density at radius 3 is 2.03 bits per heavy atom. The number of hydrogen-bond donors (Lipinski definition) is 3. The van der Waals surface area contributed by atoms with E-state index in [1.165, 1.54) is 6.92 Å². The van der Waals surface area contributed by atoms with Gasteiger partial charge in [0.05, 0.1) is 6.61 Å². The molecule has 0 aromatic carbocycles. The molecular weight excluding hydrogens is 408 g/mol. The van der Waals surface area contributed by atoms with E-state index in [1.807, 2.05) is 0 Å². The maximum atomic E-state index is 11.7. The topological polar surface area (TPSA) is 190 Å². The van der Waals surface area contributed by atoms with E-state index in [1.54, 1.807) is 0 Å². The molecule has 0 bridgehead atoms. The Bertz CT molecular complexity index is 668. The Hall–Kier alpha value is -2.77.